The van der Waals surface area contributed by atoms with E-state index in [1.165, 1.54) is 6.07 Å². The largest absolute Gasteiger partial charge is 0.260 e. The van der Waals surface area contributed by atoms with E-state index in [2.05, 4.69) is 15.5 Å². The van der Waals surface area contributed by atoms with Crippen LogP contribution in [0.5, 0.6) is 0 Å². The van der Waals surface area contributed by atoms with Crippen LogP contribution in [0, 0.1) is 0 Å². The molecular weight excluding hydrogens is 328 g/mol. The minimum absolute atomic E-state index is 0.154. The molecule has 19 heavy (non-hydrogen) atoms. The van der Waals surface area contributed by atoms with E-state index in [0.29, 0.717) is 15.9 Å². The second-order valence-corrected chi connectivity index (χ2v) is 5.06. The molecule has 0 unspecified atom stereocenters. The first-order valence-electron chi connectivity index (χ1n) is 5.13. The quantitative estimate of drug-likeness (QED) is 0.479. The van der Waals surface area contributed by atoms with Gasteiger partial charge in [-0.2, -0.15) is 5.10 Å². The Labute approximate surface area is 130 Å². The first-order chi connectivity index (χ1) is 9.08. The third-order valence-electron chi connectivity index (χ3n) is 2.17. The number of hydrogen-bond acceptors (Lipinski definition) is 3. The Hall–Kier alpha value is -1.000. The number of hydrogen-bond donors (Lipinski definition) is 1. The molecule has 3 nitrogen and oxygen atoms in total. The molecule has 0 aliphatic heterocycles. The van der Waals surface area contributed by atoms with Crippen LogP contribution in [0.25, 0.3) is 0 Å². The van der Waals surface area contributed by atoms with Gasteiger partial charge in [-0.3, -0.25) is 5.43 Å². The predicted molar refractivity (Wildman–Crippen MR) is 81.9 cm³/mol. The number of nitrogens with one attached hydrogen (secondary N) is 1. The maximum atomic E-state index is 5.98. The zero-order chi connectivity index (χ0) is 13.8. The molecule has 2 rings (SSSR count). The number of pyridine rings is 1. The normalized spacial score (nSPS) is 10.9. The minimum Gasteiger partial charge on any atom is -0.260 e. The molecule has 1 N–H and O–H groups in total. The van der Waals surface area contributed by atoms with Gasteiger partial charge in [0.15, 0.2) is 5.82 Å². The fraction of sp³-hybridized carbons (Fsp3) is 0. The van der Waals surface area contributed by atoms with E-state index in [0.717, 1.165) is 5.56 Å². The zero-order valence-electron chi connectivity index (χ0n) is 9.37. The molecule has 0 saturated heterocycles. The lowest BCUT2D eigenvalue weighted by molar-refractivity contribution is 1.23. The van der Waals surface area contributed by atoms with Crippen molar-refractivity contribution in [1.29, 1.82) is 0 Å². The molecule has 98 valence electrons. The molecule has 0 amide bonds. The molecule has 1 aromatic carbocycles. The van der Waals surface area contributed by atoms with Gasteiger partial charge in [-0.05, 0) is 12.1 Å². The number of rotatable bonds is 3. The Morgan fingerprint density at radius 1 is 1.00 bits per heavy atom. The standard InChI is InChI=1S/C12H7Cl4N3/c13-8-4-2-1-3-7(8)6-17-19-12-10(15)5-9(14)11(16)18-12/h1-6H,(H,18,19)/b17-6-. The summed E-state index contributed by atoms with van der Waals surface area (Å²) in [6.07, 6.45) is 1.56. The third-order valence-corrected chi connectivity index (χ3v) is 3.47. The second-order valence-electron chi connectivity index (χ2n) is 3.48. The number of halogens is 4. The van der Waals surface area contributed by atoms with Gasteiger partial charge in [0.1, 0.15) is 5.15 Å². The van der Waals surface area contributed by atoms with Crippen LogP contribution >= 0.6 is 46.4 Å². The van der Waals surface area contributed by atoms with Crippen molar-refractivity contribution in [2.24, 2.45) is 5.10 Å². The fourth-order valence-electron chi connectivity index (χ4n) is 1.27. The molecule has 2 aromatic rings. The highest BCUT2D eigenvalue weighted by Crippen LogP contribution is 2.28. The minimum atomic E-state index is 0.154. The summed E-state index contributed by atoms with van der Waals surface area (Å²) < 4.78 is 0. The topological polar surface area (TPSA) is 37.3 Å². The van der Waals surface area contributed by atoms with Crippen molar-refractivity contribution in [2.45, 2.75) is 0 Å². The van der Waals surface area contributed by atoms with Gasteiger partial charge in [-0.15, -0.1) is 0 Å². The van der Waals surface area contributed by atoms with E-state index >= 15 is 0 Å². The van der Waals surface area contributed by atoms with E-state index in [1.807, 2.05) is 18.2 Å². The molecule has 0 spiro atoms. The van der Waals surface area contributed by atoms with Crippen LogP contribution in [0.4, 0.5) is 5.82 Å². The highest BCUT2D eigenvalue weighted by atomic mass is 35.5. The lowest BCUT2D eigenvalue weighted by atomic mass is 10.2. The Kier molecular flexibility index (Phi) is 4.88. The smallest absolute Gasteiger partial charge is 0.166 e. The van der Waals surface area contributed by atoms with Crippen LogP contribution in [0.15, 0.2) is 35.4 Å². The van der Waals surface area contributed by atoms with Crippen LogP contribution in [0.1, 0.15) is 5.56 Å². The van der Waals surface area contributed by atoms with Gasteiger partial charge in [0.05, 0.1) is 16.3 Å². The highest BCUT2D eigenvalue weighted by molar-refractivity contribution is 6.42. The van der Waals surface area contributed by atoms with Gasteiger partial charge in [0.25, 0.3) is 0 Å². The molecule has 0 radical (unpaired) electrons. The average molecular weight is 335 g/mol. The van der Waals surface area contributed by atoms with Gasteiger partial charge >= 0.3 is 0 Å². The molecule has 1 aromatic heterocycles. The Morgan fingerprint density at radius 3 is 2.47 bits per heavy atom. The Morgan fingerprint density at radius 2 is 1.74 bits per heavy atom. The first-order valence-corrected chi connectivity index (χ1v) is 6.64. The molecule has 7 heteroatoms. The van der Waals surface area contributed by atoms with E-state index < -0.39 is 0 Å². The van der Waals surface area contributed by atoms with Gasteiger partial charge in [0.2, 0.25) is 0 Å². The second kappa shape index (κ2) is 6.44. The van der Waals surface area contributed by atoms with E-state index in [-0.39, 0.29) is 10.2 Å². The van der Waals surface area contributed by atoms with Crippen LogP contribution in [-0.4, -0.2) is 11.2 Å². The SMILES string of the molecule is Clc1ccccc1/C=N\Nc1nc(Cl)c(Cl)cc1Cl. The molecule has 0 fully saturated rings. The fourth-order valence-corrected chi connectivity index (χ4v) is 1.99. The molecule has 0 aliphatic carbocycles. The summed E-state index contributed by atoms with van der Waals surface area (Å²) in [7, 11) is 0. The maximum Gasteiger partial charge on any atom is 0.166 e. The number of anilines is 1. The van der Waals surface area contributed by atoms with Crippen LogP contribution in [0.2, 0.25) is 20.2 Å². The summed E-state index contributed by atoms with van der Waals surface area (Å²) in [5.74, 6) is 0.319. The first kappa shape index (κ1) is 14.4. The van der Waals surface area contributed by atoms with Crippen molar-refractivity contribution in [3.8, 4) is 0 Å². The summed E-state index contributed by atoms with van der Waals surface area (Å²) in [6, 6.07) is 8.79. The summed E-state index contributed by atoms with van der Waals surface area (Å²) >= 11 is 23.5. The number of benzene rings is 1. The van der Waals surface area contributed by atoms with Crippen molar-refractivity contribution < 1.29 is 0 Å². The van der Waals surface area contributed by atoms with Crippen LogP contribution in [-0.2, 0) is 0 Å². The maximum absolute atomic E-state index is 5.98. The van der Waals surface area contributed by atoms with E-state index in [4.69, 9.17) is 46.4 Å². The lowest BCUT2D eigenvalue weighted by Gasteiger charge is -2.04. The lowest BCUT2D eigenvalue weighted by Crippen LogP contribution is -1.95. The zero-order valence-corrected chi connectivity index (χ0v) is 12.4. The molecule has 0 aliphatic rings. The molecule has 0 atom stereocenters. The number of nitrogens with zero attached hydrogens (tertiary/aromatic N) is 2. The highest BCUT2D eigenvalue weighted by Gasteiger charge is 2.06. The van der Waals surface area contributed by atoms with Crippen molar-refractivity contribution in [2.75, 3.05) is 5.43 Å². The van der Waals surface area contributed by atoms with Gasteiger partial charge < -0.3 is 0 Å². The Bertz CT molecular complexity index is 628. The number of hydrazone groups is 1. The summed E-state index contributed by atoms with van der Waals surface area (Å²) in [4.78, 5) is 3.97. The third kappa shape index (κ3) is 3.74. The van der Waals surface area contributed by atoms with Crippen LogP contribution < -0.4 is 5.43 Å². The summed E-state index contributed by atoms with van der Waals surface area (Å²) in [6.45, 7) is 0. The monoisotopic (exact) mass is 333 g/mol. The molecular formula is C12H7Cl4N3. The van der Waals surface area contributed by atoms with Crippen molar-refractivity contribution in [1.82, 2.24) is 4.98 Å². The van der Waals surface area contributed by atoms with Gasteiger partial charge in [-0.1, -0.05) is 64.6 Å². The Balaban J connectivity index is 2.15. The van der Waals surface area contributed by atoms with Crippen molar-refractivity contribution in [3.63, 3.8) is 0 Å². The number of aromatic nitrogens is 1. The molecule has 0 saturated carbocycles. The van der Waals surface area contributed by atoms with Gasteiger partial charge in [0, 0.05) is 10.6 Å². The van der Waals surface area contributed by atoms with Crippen LogP contribution in [0.3, 0.4) is 0 Å². The van der Waals surface area contributed by atoms with Crippen molar-refractivity contribution in [3.05, 3.63) is 56.1 Å². The van der Waals surface area contributed by atoms with Gasteiger partial charge in [-0.25, -0.2) is 4.98 Å². The predicted octanol–water partition coefficient (Wildman–Crippen LogP) is 5.14. The van der Waals surface area contributed by atoms with E-state index in [1.54, 1.807) is 12.3 Å². The molecule has 1 heterocycles. The summed E-state index contributed by atoms with van der Waals surface area (Å²) in [5, 5.41) is 5.36. The molecule has 0 bridgehead atoms. The van der Waals surface area contributed by atoms with Crippen molar-refractivity contribution >= 4 is 58.4 Å². The summed E-state index contributed by atoms with van der Waals surface area (Å²) in [5.41, 5.74) is 3.45. The average Bonchev–Trinajstić information content (AvgIpc) is 2.38. The van der Waals surface area contributed by atoms with E-state index in [9.17, 15) is 0 Å².